The zero-order valence-corrected chi connectivity index (χ0v) is 16.8. The van der Waals surface area contributed by atoms with E-state index in [2.05, 4.69) is 15.3 Å². The molecule has 0 aliphatic carbocycles. The van der Waals surface area contributed by atoms with Crippen molar-refractivity contribution in [1.29, 1.82) is 0 Å². The smallest absolute Gasteiger partial charge is 0.317 e. The Labute approximate surface area is 173 Å². The van der Waals surface area contributed by atoms with E-state index in [0.29, 0.717) is 37.4 Å². The quantitative estimate of drug-likeness (QED) is 0.676. The molecule has 3 heterocycles. The fraction of sp³-hybridized carbons (Fsp3) is 0.286. The summed E-state index contributed by atoms with van der Waals surface area (Å²) >= 11 is 0. The summed E-state index contributed by atoms with van der Waals surface area (Å²) in [6, 6.07) is 7.45. The second kappa shape index (κ2) is 8.10. The summed E-state index contributed by atoms with van der Waals surface area (Å²) in [5.74, 6) is -1.03. The summed E-state index contributed by atoms with van der Waals surface area (Å²) in [5.41, 5.74) is 2.53. The molecule has 3 aromatic rings. The molecular weight excluding hydrogens is 390 g/mol. The van der Waals surface area contributed by atoms with Crippen molar-refractivity contribution in [2.45, 2.75) is 6.54 Å². The molecule has 0 bridgehead atoms. The van der Waals surface area contributed by atoms with Crippen molar-refractivity contribution in [1.82, 2.24) is 24.8 Å². The normalized spacial score (nSPS) is 13.6. The number of carbonyl (C=O) groups is 1. The Kier molecular flexibility index (Phi) is 5.35. The highest BCUT2D eigenvalue weighted by molar-refractivity contribution is 5.79. The van der Waals surface area contributed by atoms with Crippen molar-refractivity contribution in [2.75, 3.05) is 38.6 Å². The molecule has 1 saturated heterocycles. The highest BCUT2D eigenvalue weighted by Gasteiger charge is 2.21. The maximum atomic E-state index is 13.9. The van der Waals surface area contributed by atoms with Gasteiger partial charge >= 0.3 is 6.03 Å². The number of hydrogen-bond acceptors (Lipinski definition) is 4. The van der Waals surface area contributed by atoms with Crippen LogP contribution in [0, 0.1) is 11.6 Å². The molecule has 7 nitrogen and oxygen atoms in total. The first-order chi connectivity index (χ1) is 14.4. The van der Waals surface area contributed by atoms with Crippen LogP contribution >= 0.6 is 0 Å². The van der Waals surface area contributed by atoms with Crippen molar-refractivity contribution in [3.63, 3.8) is 0 Å². The Hall–Kier alpha value is -3.49. The second-order valence-electron chi connectivity index (χ2n) is 7.28. The molecule has 156 valence electrons. The van der Waals surface area contributed by atoms with Gasteiger partial charge in [-0.05, 0) is 30.3 Å². The molecule has 30 heavy (non-hydrogen) atoms. The lowest BCUT2D eigenvalue weighted by Gasteiger charge is -2.17. The first-order valence-electron chi connectivity index (χ1n) is 9.61. The molecule has 1 aliphatic heterocycles. The van der Waals surface area contributed by atoms with Crippen molar-refractivity contribution in [3.05, 3.63) is 54.5 Å². The lowest BCUT2D eigenvalue weighted by molar-refractivity contribution is 0.215. The van der Waals surface area contributed by atoms with Crippen LogP contribution in [0.1, 0.15) is 0 Å². The molecule has 0 saturated carbocycles. The molecule has 0 spiro atoms. The van der Waals surface area contributed by atoms with E-state index in [9.17, 15) is 13.6 Å². The van der Waals surface area contributed by atoms with Gasteiger partial charge < -0.3 is 19.7 Å². The van der Waals surface area contributed by atoms with Gasteiger partial charge in [0.05, 0.1) is 17.7 Å². The van der Waals surface area contributed by atoms with E-state index in [1.807, 2.05) is 35.7 Å². The molecule has 2 amide bonds. The predicted octanol–water partition coefficient (Wildman–Crippen LogP) is 2.98. The molecule has 0 unspecified atom stereocenters. The van der Waals surface area contributed by atoms with E-state index in [0.717, 1.165) is 29.2 Å². The van der Waals surface area contributed by atoms with Crippen LogP contribution in [0.15, 0.2) is 42.9 Å². The van der Waals surface area contributed by atoms with Gasteiger partial charge in [0.25, 0.3) is 0 Å². The highest BCUT2D eigenvalue weighted by atomic mass is 19.2. The fourth-order valence-corrected chi connectivity index (χ4v) is 3.45. The molecule has 2 aromatic heterocycles. The molecule has 0 atom stereocenters. The van der Waals surface area contributed by atoms with Crippen LogP contribution in [0.5, 0.6) is 0 Å². The lowest BCUT2D eigenvalue weighted by atomic mass is 10.1. The van der Waals surface area contributed by atoms with E-state index in [1.54, 1.807) is 17.4 Å². The zero-order chi connectivity index (χ0) is 21.3. The van der Waals surface area contributed by atoms with Crippen molar-refractivity contribution in [3.8, 4) is 22.5 Å². The molecule has 1 aliphatic rings. The van der Waals surface area contributed by atoms with Gasteiger partial charge in [0.15, 0.2) is 11.6 Å². The standard InChI is InChI=1S/C21H22F2N6O/c1-27(2)18-6-4-15(12-25-18)20-19(14-3-5-16(22)17(23)11-14)26-13-29(20)10-9-28-8-7-24-21(28)30/h3-6,11-13H,7-10H2,1-2H3,(H,24,30). The van der Waals surface area contributed by atoms with Crippen LogP contribution in [0.3, 0.4) is 0 Å². The zero-order valence-electron chi connectivity index (χ0n) is 16.8. The molecule has 0 radical (unpaired) electrons. The van der Waals surface area contributed by atoms with E-state index < -0.39 is 11.6 Å². The number of hydrogen-bond donors (Lipinski definition) is 1. The summed E-state index contributed by atoms with van der Waals surface area (Å²) in [4.78, 5) is 24.4. The van der Waals surface area contributed by atoms with Crippen LogP contribution in [0.4, 0.5) is 19.4 Å². The predicted molar refractivity (Wildman–Crippen MR) is 110 cm³/mol. The van der Waals surface area contributed by atoms with Crippen LogP contribution in [-0.4, -0.2) is 59.2 Å². The van der Waals surface area contributed by atoms with Gasteiger partial charge in [-0.2, -0.15) is 0 Å². The maximum absolute atomic E-state index is 13.9. The molecular formula is C21H22F2N6O. The second-order valence-corrected chi connectivity index (χ2v) is 7.28. The van der Waals surface area contributed by atoms with Gasteiger partial charge in [-0.25, -0.2) is 23.5 Å². The number of benzene rings is 1. The Bertz CT molecular complexity index is 1060. The third-order valence-corrected chi connectivity index (χ3v) is 5.07. The van der Waals surface area contributed by atoms with Gasteiger partial charge in [-0.1, -0.05) is 0 Å². The summed E-state index contributed by atoms with van der Waals surface area (Å²) in [7, 11) is 3.81. The fourth-order valence-electron chi connectivity index (χ4n) is 3.45. The topological polar surface area (TPSA) is 66.3 Å². The average molecular weight is 412 g/mol. The average Bonchev–Trinajstić information content (AvgIpc) is 3.34. The number of pyridine rings is 1. The number of anilines is 1. The third-order valence-electron chi connectivity index (χ3n) is 5.07. The number of halogens is 2. The van der Waals surface area contributed by atoms with Crippen LogP contribution in [-0.2, 0) is 6.54 Å². The van der Waals surface area contributed by atoms with Crippen LogP contribution in [0.25, 0.3) is 22.5 Å². The molecule has 9 heteroatoms. The Morgan fingerprint density at radius 3 is 2.50 bits per heavy atom. The minimum atomic E-state index is -0.928. The number of rotatable bonds is 6. The monoisotopic (exact) mass is 412 g/mol. The van der Waals surface area contributed by atoms with Gasteiger partial charge in [-0.15, -0.1) is 0 Å². The number of amides is 2. The Balaban J connectivity index is 1.73. The van der Waals surface area contributed by atoms with E-state index >= 15 is 0 Å². The van der Waals surface area contributed by atoms with E-state index in [-0.39, 0.29) is 6.03 Å². The van der Waals surface area contributed by atoms with E-state index in [4.69, 9.17) is 0 Å². The van der Waals surface area contributed by atoms with Crippen LogP contribution in [0.2, 0.25) is 0 Å². The van der Waals surface area contributed by atoms with Crippen LogP contribution < -0.4 is 10.2 Å². The van der Waals surface area contributed by atoms with Crippen molar-refractivity contribution in [2.24, 2.45) is 0 Å². The highest BCUT2D eigenvalue weighted by Crippen LogP contribution is 2.32. The summed E-state index contributed by atoms with van der Waals surface area (Å²) in [5, 5.41) is 2.78. The van der Waals surface area contributed by atoms with E-state index in [1.165, 1.54) is 6.07 Å². The first kappa shape index (κ1) is 19.8. The van der Waals surface area contributed by atoms with Gasteiger partial charge in [-0.3, -0.25) is 0 Å². The third kappa shape index (κ3) is 3.83. The number of urea groups is 1. The van der Waals surface area contributed by atoms with Gasteiger partial charge in [0, 0.05) is 57.6 Å². The number of carbonyl (C=O) groups excluding carboxylic acids is 1. The maximum Gasteiger partial charge on any atom is 0.317 e. The number of nitrogens with zero attached hydrogens (tertiary/aromatic N) is 5. The summed E-state index contributed by atoms with van der Waals surface area (Å²) in [6.07, 6.45) is 3.38. The lowest BCUT2D eigenvalue weighted by Crippen LogP contribution is -2.31. The molecule has 1 aromatic carbocycles. The largest absolute Gasteiger partial charge is 0.363 e. The number of aromatic nitrogens is 3. The number of imidazole rings is 1. The summed E-state index contributed by atoms with van der Waals surface area (Å²) < 4.78 is 29.2. The minimum Gasteiger partial charge on any atom is -0.363 e. The Morgan fingerprint density at radius 2 is 1.87 bits per heavy atom. The molecule has 4 rings (SSSR count). The SMILES string of the molecule is CN(C)c1ccc(-c2c(-c3ccc(F)c(F)c3)ncn2CCN2CCNC2=O)cn1. The van der Waals surface area contributed by atoms with Crippen molar-refractivity contribution < 1.29 is 13.6 Å². The number of nitrogens with one attached hydrogen (secondary N) is 1. The Morgan fingerprint density at radius 1 is 1.07 bits per heavy atom. The minimum absolute atomic E-state index is 0.0884. The van der Waals surface area contributed by atoms with Gasteiger partial charge in [0.2, 0.25) is 0 Å². The first-order valence-corrected chi connectivity index (χ1v) is 9.61. The molecule has 1 fully saturated rings. The summed E-state index contributed by atoms with van der Waals surface area (Å²) in [6.45, 7) is 2.30. The van der Waals surface area contributed by atoms with Crippen molar-refractivity contribution >= 4 is 11.8 Å². The van der Waals surface area contributed by atoms with Gasteiger partial charge in [0.1, 0.15) is 5.82 Å². The molecule has 1 N–H and O–H groups in total.